The standard InChI is InChI=1S/C12H10N6O2/c1-19-9-5-8(15-6-16-9)11-17-12(20-18-11)10-7(13)3-2-4-14-10/h2-6H,13H2,1H3. The van der Waals surface area contributed by atoms with Crippen LogP contribution in [0.15, 0.2) is 35.2 Å². The predicted octanol–water partition coefficient (Wildman–Crippen LogP) is 1.18. The van der Waals surface area contributed by atoms with Gasteiger partial charge in [0.15, 0.2) is 5.69 Å². The minimum Gasteiger partial charge on any atom is -0.481 e. The van der Waals surface area contributed by atoms with Gasteiger partial charge in [0.05, 0.1) is 12.8 Å². The Bertz CT molecular complexity index is 742. The van der Waals surface area contributed by atoms with Crippen LogP contribution in [-0.2, 0) is 0 Å². The van der Waals surface area contributed by atoms with E-state index in [0.29, 0.717) is 28.8 Å². The number of nitrogens with two attached hydrogens (primary N) is 1. The summed E-state index contributed by atoms with van der Waals surface area (Å²) in [5.41, 5.74) is 7.20. The number of nitrogens with zero attached hydrogens (tertiary/aromatic N) is 5. The molecule has 3 aromatic rings. The van der Waals surface area contributed by atoms with Crippen LogP contribution in [-0.4, -0.2) is 32.2 Å². The molecule has 3 rings (SSSR count). The highest BCUT2D eigenvalue weighted by Crippen LogP contribution is 2.24. The molecule has 0 atom stereocenters. The van der Waals surface area contributed by atoms with Crippen LogP contribution in [0.3, 0.4) is 0 Å². The Morgan fingerprint density at radius 3 is 2.95 bits per heavy atom. The Morgan fingerprint density at radius 2 is 2.15 bits per heavy atom. The van der Waals surface area contributed by atoms with E-state index in [-0.39, 0.29) is 5.89 Å². The molecule has 0 aliphatic carbocycles. The van der Waals surface area contributed by atoms with Crippen molar-refractivity contribution in [2.75, 3.05) is 12.8 Å². The van der Waals surface area contributed by atoms with Crippen molar-refractivity contribution in [3.8, 4) is 29.0 Å². The summed E-state index contributed by atoms with van der Waals surface area (Å²) in [6.45, 7) is 0. The monoisotopic (exact) mass is 270 g/mol. The molecule has 8 nitrogen and oxygen atoms in total. The molecular weight excluding hydrogens is 260 g/mol. The van der Waals surface area contributed by atoms with Crippen LogP contribution in [0, 0.1) is 0 Å². The van der Waals surface area contributed by atoms with Crippen LogP contribution in [0.5, 0.6) is 5.88 Å². The van der Waals surface area contributed by atoms with Gasteiger partial charge >= 0.3 is 0 Å². The zero-order valence-electron chi connectivity index (χ0n) is 10.5. The van der Waals surface area contributed by atoms with E-state index in [1.807, 2.05) is 0 Å². The number of hydrogen-bond acceptors (Lipinski definition) is 8. The maximum Gasteiger partial charge on any atom is 0.279 e. The van der Waals surface area contributed by atoms with Crippen LogP contribution in [0.2, 0.25) is 0 Å². The van der Waals surface area contributed by atoms with Crippen molar-refractivity contribution in [1.82, 2.24) is 25.1 Å². The number of anilines is 1. The van der Waals surface area contributed by atoms with Crippen molar-refractivity contribution in [3.63, 3.8) is 0 Å². The lowest BCUT2D eigenvalue weighted by molar-refractivity contribution is 0.397. The van der Waals surface area contributed by atoms with E-state index in [0.717, 1.165) is 0 Å². The molecule has 100 valence electrons. The van der Waals surface area contributed by atoms with Gasteiger partial charge in [0.2, 0.25) is 11.7 Å². The minimum absolute atomic E-state index is 0.232. The van der Waals surface area contributed by atoms with Crippen molar-refractivity contribution < 1.29 is 9.26 Å². The average Bonchev–Trinajstić information content (AvgIpc) is 2.97. The Labute approximate surface area is 113 Å². The van der Waals surface area contributed by atoms with Crippen molar-refractivity contribution in [3.05, 3.63) is 30.7 Å². The fourth-order valence-corrected chi connectivity index (χ4v) is 1.59. The summed E-state index contributed by atoms with van der Waals surface area (Å²) in [5.74, 6) is 0.958. The van der Waals surface area contributed by atoms with Gasteiger partial charge in [-0.1, -0.05) is 5.16 Å². The van der Waals surface area contributed by atoms with Gasteiger partial charge in [0.1, 0.15) is 12.0 Å². The second kappa shape index (κ2) is 4.92. The highest BCUT2D eigenvalue weighted by molar-refractivity contribution is 5.66. The number of ether oxygens (including phenoxy) is 1. The zero-order chi connectivity index (χ0) is 13.9. The third-order valence-electron chi connectivity index (χ3n) is 2.55. The topological polar surface area (TPSA) is 113 Å². The molecule has 0 saturated carbocycles. The lowest BCUT2D eigenvalue weighted by Crippen LogP contribution is -1.93. The third-order valence-corrected chi connectivity index (χ3v) is 2.55. The number of aromatic nitrogens is 5. The van der Waals surface area contributed by atoms with Crippen molar-refractivity contribution in [2.24, 2.45) is 0 Å². The minimum atomic E-state index is 0.232. The number of rotatable bonds is 3. The van der Waals surface area contributed by atoms with Gasteiger partial charge < -0.3 is 15.0 Å². The Hall–Kier alpha value is -3.03. The molecule has 8 heteroatoms. The normalized spacial score (nSPS) is 10.4. The van der Waals surface area contributed by atoms with Crippen LogP contribution < -0.4 is 10.5 Å². The highest BCUT2D eigenvalue weighted by Gasteiger charge is 2.15. The first-order valence-electron chi connectivity index (χ1n) is 5.69. The fraction of sp³-hybridized carbons (Fsp3) is 0.0833. The molecule has 2 N–H and O–H groups in total. The van der Waals surface area contributed by atoms with E-state index in [2.05, 4.69) is 25.1 Å². The molecule has 0 fully saturated rings. The largest absolute Gasteiger partial charge is 0.481 e. The first kappa shape index (κ1) is 12.0. The maximum absolute atomic E-state index is 5.81. The van der Waals surface area contributed by atoms with E-state index in [1.54, 1.807) is 24.4 Å². The molecule has 0 radical (unpaired) electrons. The first-order chi connectivity index (χ1) is 9.78. The summed E-state index contributed by atoms with van der Waals surface area (Å²) in [5, 5.41) is 3.85. The van der Waals surface area contributed by atoms with E-state index < -0.39 is 0 Å². The first-order valence-corrected chi connectivity index (χ1v) is 5.69. The lowest BCUT2D eigenvalue weighted by atomic mass is 10.3. The molecule has 0 aliphatic rings. The molecular formula is C12H10N6O2. The highest BCUT2D eigenvalue weighted by atomic mass is 16.5. The zero-order valence-corrected chi connectivity index (χ0v) is 10.5. The molecule has 20 heavy (non-hydrogen) atoms. The summed E-state index contributed by atoms with van der Waals surface area (Å²) in [6.07, 6.45) is 2.96. The van der Waals surface area contributed by atoms with Crippen LogP contribution in [0.1, 0.15) is 0 Å². The summed E-state index contributed by atoms with van der Waals surface area (Å²) in [4.78, 5) is 16.3. The third kappa shape index (κ3) is 2.14. The van der Waals surface area contributed by atoms with Gasteiger partial charge in [0, 0.05) is 12.3 Å². The summed E-state index contributed by atoms with van der Waals surface area (Å²) >= 11 is 0. The predicted molar refractivity (Wildman–Crippen MR) is 69.5 cm³/mol. The Balaban J connectivity index is 2.00. The molecule has 0 amide bonds. The van der Waals surface area contributed by atoms with Crippen molar-refractivity contribution >= 4 is 5.69 Å². The Morgan fingerprint density at radius 1 is 1.25 bits per heavy atom. The van der Waals surface area contributed by atoms with Crippen molar-refractivity contribution in [1.29, 1.82) is 0 Å². The van der Waals surface area contributed by atoms with Crippen LogP contribution in [0.4, 0.5) is 5.69 Å². The Kier molecular flexibility index (Phi) is 2.96. The second-order valence-electron chi connectivity index (χ2n) is 3.81. The molecule has 0 saturated heterocycles. The number of hydrogen-bond donors (Lipinski definition) is 1. The van der Waals surface area contributed by atoms with E-state index in [4.69, 9.17) is 15.0 Å². The molecule has 3 heterocycles. The second-order valence-corrected chi connectivity index (χ2v) is 3.81. The van der Waals surface area contributed by atoms with Gasteiger partial charge in [-0.05, 0) is 12.1 Å². The molecule has 0 aromatic carbocycles. The SMILES string of the molecule is COc1cc(-c2noc(-c3ncccc3N)n2)ncn1. The number of methoxy groups -OCH3 is 1. The number of nitrogen functional groups attached to an aromatic ring is 1. The summed E-state index contributed by atoms with van der Waals surface area (Å²) < 4.78 is 10.2. The van der Waals surface area contributed by atoms with Gasteiger partial charge in [-0.15, -0.1) is 0 Å². The quantitative estimate of drug-likeness (QED) is 0.754. The van der Waals surface area contributed by atoms with Gasteiger partial charge in [0.25, 0.3) is 5.89 Å². The van der Waals surface area contributed by atoms with E-state index >= 15 is 0 Å². The van der Waals surface area contributed by atoms with E-state index in [1.165, 1.54) is 13.4 Å². The summed E-state index contributed by atoms with van der Waals surface area (Å²) in [6, 6.07) is 5.04. The molecule has 0 spiro atoms. The maximum atomic E-state index is 5.81. The smallest absolute Gasteiger partial charge is 0.279 e. The molecule has 0 unspecified atom stereocenters. The van der Waals surface area contributed by atoms with Crippen LogP contribution in [0.25, 0.3) is 23.1 Å². The van der Waals surface area contributed by atoms with Gasteiger partial charge in [-0.25, -0.2) is 15.0 Å². The fourth-order valence-electron chi connectivity index (χ4n) is 1.59. The van der Waals surface area contributed by atoms with Crippen LogP contribution >= 0.6 is 0 Å². The summed E-state index contributed by atoms with van der Waals surface area (Å²) in [7, 11) is 1.52. The molecule has 3 aromatic heterocycles. The number of pyridine rings is 1. The van der Waals surface area contributed by atoms with Gasteiger partial charge in [-0.3, -0.25) is 0 Å². The average molecular weight is 270 g/mol. The molecule has 0 aliphatic heterocycles. The van der Waals surface area contributed by atoms with Crippen molar-refractivity contribution in [2.45, 2.75) is 0 Å². The van der Waals surface area contributed by atoms with Gasteiger partial charge in [-0.2, -0.15) is 4.98 Å². The molecule has 0 bridgehead atoms. The van der Waals surface area contributed by atoms with E-state index in [9.17, 15) is 0 Å². The lowest BCUT2D eigenvalue weighted by Gasteiger charge is -1.98.